The average Bonchev–Trinajstić information content (AvgIpc) is 3.09. The number of hydrogen-bond donors (Lipinski definition) is 2. The highest BCUT2D eigenvalue weighted by molar-refractivity contribution is 6.21. The zero-order chi connectivity index (χ0) is 20.9. The minimum atomic E-state index is -0.263. The standard InChI is InChI=1S/C24H27N3O3/c1-30-21-11-9-20(10-12-21)27-23(28)18-22(24(27)29)26-16-14-25(15-17-26)13-5-8-19-6-3-2-4-7-19/h2-12,22H,13-18H2,1H3/p+2/b8-5+/t22-/m1/s1. The van der Waals surface area contributed by atoms with Crippen LogP contribution in [0.2, 0.25) is 0 Å². The molecule has 2 fully saturated rings. The number of carbonyl (C=O) groups excluding carboxylic acids is 2. The van der Waals surface area contributed by atoms with Gasteiger partial charge in [0.05, 0.1) is 25.8 Å². The number of amides is 2. The number of benzene rings is 2. The predicted octanol–water partition coefficient (Wildman–Crippen LogP) is -0.176. The molecule has 0 unspecified atom stereocenters. The highest BCUT2D eigenvalue weighted by Gasteiger charge is 2.46. The number of anilines is 1. The van der Waals surface area contributed by atoms with E-state index in [2.05, 4.69) is 24.3 Å². The van der Waals surface area contributed by atoms with Crippen LogP contribution in [-0.2, 0) is 9.59 Å². The van der Waals surface area contributed by atoms with Crippen molar-refractivity contribution in [2.45, 2.75) is 12.5 Å². The van der Waals surface area contributed by atoms with E-state index in [4.69, 9.17) is 4.74 Å². The third kappa shape index (κ3) is 4.45. The fourth-order valence-corrected chi connectivity index (χ4v) is 4.36. The summed E-state index contributed by atoms with van der Waals surface area (Å²) < 4.78 is 5.17. The Bertz CT molecular complexity index is 903. The fourth-order valence-electron chi connectivity index (χ4n) is 4.36. The van der Waals surface area contributed by atoms with Gasteiger partial charge < -0.3 is 14.5 Å². The van der Waals surface area contributed by atoms with Crippen molar-refractivity contribution in [3.8, 4) is 5.75 Å². The van der Waals surface area contributed by atoms with E-state index in [-0.39, 0.29) is 17.9 Å². The van der Waals surface area contributed by atoms with Crippen LogP contribution < -0.4 is 19.4 Å². The molecule has 2 aliphatic heterocycles. The second kappa shape index (κ2) is 9.24. The second-order valence-electron chi connectivity index (χ2n) is 7.95. The largest absolute Gasteiger partial charge is 0.497 e. The van der Waals surface area contributed by atoms with E-state index in [9.17, 15) is 9.59 Å². The van der Waals surface area contributed by atoms with Crippen LogP contribution >= 0.6 is 0 Å². The number of nitrogens with zero attached hydrogens (tertiary/aromatic N) is 1. The maximum absolute atomic E-state index is 13.0. The Morgan fingerprint density at radius 1 is 1.00 bits per heavy atom. The first-order chi connectivity index (χ1) is 14.7. The monoisotopic (exact) mass is 407 g/mol. The van der Waals surface area contributed by atoms with Gasteiger partial charge in [0.1, 0.15) is 31.9 Å². The number of carbonyl (C=O) groups is 2. The number of hydrogen-bond acceptors (Lipinski definition) is 3. The molecule has 4 rings (SSSR count). The summed E-state index contributed by atoms with van der Waals surface area (Å²) in [6.07, 6.45) is 4.69. The quantitative estimate of drug-likeness (QED) is 0.654. The first-order valence-corrected chi connectivity index (χ1v) is 10.6. The van der Waals surface area contributed by atoms with Crippen molar-refractivity contribution in [3.05, 3.63) is 66.2 Å². The average molecular weight is 408 g/mol. The van der Waals surface area contributed by atoms with Crippen LogP contribution in [0.4, 0.5) is 5.69 Å². The third-order valence-corrected chi connectivity index (χ3v) is 6.09. The lowest BCUT2D eigenvalue weighted by Crippen LogP contribution is -3.30. The zero-order valence-corrected chi connectivity index (χ0v) is 17.3. The smallest absolute Gasteiger partial charge is 0.292 e. The number of piperazine rings is 1. The van der Waals surface area contributed by atoms with E-state index >= 15 is 0 Å². The van der Waals surface area contributed by atoms with Crippen LogP contribution in [0.25, 0.3) is 6.08 Å². The van der Waals surface area contributed by atoms with Crippen molar-refractivity contribution < 1.29 is 24.1 Å². The molecule has 156 valence electrons. The molecule has 0 radical (unpaired) electrons. The van der Waals surface area contributed by atoms with E-state index in [1.54, 1.807) is 31.4 Å². The minimum absolute atomic E-state index is 0.0763. The van der Waals surface area contributed by atoms with E-state index < -0.39 is 0 Å². The van der Waals surface area contributed by atoms with Crippen molar-refractivity contribution in [2.75, 3.05) is 44.7 Å². The number of nitrogens with one attached hydrogen (secondary N) is 2. The normalized spacial score (nSPS) is 24.6. The van der Waals surface area contributed by atoms with Crippen molar-refractivity contribution in [2.24, 2.45) is 0 Å². The lowest BCUT2D eigenvalue weighted by Gasteiger charge is -2.31. The highest BCUT2D eigenvalue weighted by atomic mass is 16.5. The predicted molar refractivity (Wildman–Crippen MR) is 116 cm³/mol. The molecule has 0 saturated carbocycles. The Balaban J connectivity index is 1.31. The van der Waals surface area contributed by atoms with Gasteiger partial charge in [0.25, 0.3) is 5.91 Å². The summed E-state index contributed by atoms with van der Waals surface area (Å²) in [7, 11) is 1.60. The molecule has 0 bridgehead atoms. The van der Waals surface area contributed by atoms with Crippen LogP contribution in [0.3, 0.4) is 0 Å². The van der Waals surface area contributed by atoms with Gasteiger partial charge in [0.2, 0.25) is 5.91 Å². The molecule has 0 aromatic heterocycles. The maximum Gasteiger partial charge on any atom is 0.292 e. The lowest BCUT2D eigenvalue weighted by atomic mass is 10.1. The summed E-state index contributed by atoms with van der Waals surface area (Å²) in [6.45, 7) is 4.82. The van der Waals surface area contributed by atoms with Gasteiger partial charge in [-0.2, -0.15) is 0 Å². The van der Waals surface area contributed by atoms with E-state index in [0.717, 1.165) is 32.7 Å². The number of imide groups is 1. The van der Waals surface area contributed by atoms with Gasteiger partial charge in [0, 0.05) is 0 Å². The summed E-state index contributed by atoms with van der Waals surface area (Å²) in [4.78, 5) is 29.7. The van der Waals surface area contributed by atoms with Crippen molar-refractivity contribution in [1.82, 2.24) is 0 Å². The minimum Gasteiger partial charge on any atom is -0.497 e. The van der Waals surface area contributed by atoms with E-state index in [1.807, 2.05) is 18.2 Å². The molecule has 2 N–H and O–H groups in total. The van der Waals surface area contributed by atoms with Crippen molar-refractivity contribution in [3.63, 3.8) is 0 Å². The summed E-state index contributed by atoms with van der Waals surface area (Å²) in [5.41, 5.74) is 1.85. The van der Waals surface area contributed by atoms with Gasteiger partial charge in [0.15, 0.2) is 6.04 Å². The SMILES string of the molecule is COc1ccc(N2C(=O)C[C@@H]([NH+]3CC[NH+](C/C=C/c4ccccc4)CC3)C2=O)cc1. The Hall–Kier alpha value is -2.96. The Labute approximate surface area is 177 Å². The lowest BCUT2D eigenvalue weighted by molar-refractivity contribution is -1.02. The molecule has 0 aliphatic carbocycles. The molecular weight excluding hydrogens is 378 g/mol. The van der Waals surface area contributed by atoms with Gasteiger partial charge >= 0.3 is 0 Å². The molecule has 2 amide bonds. The van der Waals surface area contributed by atoms with E-state index in [0.29, 0.717) is 17.9 Å². The first kappa shape index (κ1) is 20.3. The maximum atomic E-state index is 13.0. The van der Waals surface area contributed by atoms with Crippen LogP contribution in [-0.4, -0.2) is 57.7 Å². The topological polar surface area (TPSA) is 55.5 Å². The molecule has 30 heavy (non-hydrogen) atoms. The van der Waals surface area contributed by atoms with Crippen molar-refractivity contribution in [1.29, 1.82) is 0 Å². The van der Waals surface area contributed by atoms with Crippen LogP contribution in [0.1, 0.15) is 12.0 Å². The highest BCUT2D eigenvalue weighted by Crippen LogP contribution is 2.24. The van der Waals surface area contributed by atoms with Gasteiger partial charge in [-0.15, -0.1) is 0 Å². The summed E-state index contributed by atoms with van der Waals surface area (Å²) in [5.74, 6) is 0.524. The summed E-state index contributed by atoms with van der Waals surface area (Å²) in [6, 6.07) is 17.2. The molecule has 2 aliphatic rings. The zero-order valence-electron chi connectivity index (χ0n) is 17.3. The van der Waals surface area contributed by atoms with Gasteiger partial charge in [-0.3, -0.25) is 9.59 Å². The molecule has 6 heteroatoms. The van der Waals surface area contributed by atoms with Crippen LogP contribution in [0, 0.1) is 0 Å². The molecule has 2 aromatic carbocycles. The Morgan fingerprint density at radius 2 is 1.70 bits per heavy atom. The fraction of sp³-hybridized carbons (Fsp3) is 0.333. The molecule has 2 saturated heterocycles. The molecule has 2 aromatic rings. The van der Waals surface area contributed by atoms with Gasteiger partial charge in [-0.25, -0.2) is 4.90 Å². The Morgan fingerprint density at radius 3 is 2.37 bits per heavy atom. The Kier molecular flexibility index (Phi) is 6.26. The molecule has 1 atom stereocenters. The number of rotatable bonds is 6. The number of methoxy groups -OCH3 is 1. The summed E-state index contributed by atoms with van der Waals surface area (Å²) in [5, 5.41) is 0. The summed E-state index contributed by atoms with van der Waals surface area (Å²) >= 11 is 0. The van der Waals surface area contributed by atoms with Crippen LogP contribution in [0.15, 0.2) is 60.7 Å². The van der Waals surface area contributed by atoms with Gasteiger partial charge in [-0.05, 0) is 35.9 Å². The van der Waals surface area contributed by atoms with Crippen LogP contribution in [0.5, 0.6) is 5.75 Å². The molecular formula is C24H29N3O3+2. The second-order valence-corrected chi connectivity index (χ2v) is 7.95. The molecule has 0 spiro atoms. The number of ether oxygens (including phenoxy) is 1. The molecule has 6 nitrogen and oxygen atoms in total. The molecule has 2 heterocycles. The van der Waals surface area contributed by atoms with E-state index in [1.165, 1.54) is 20.3 Å². The van der Waals surface area contributed by atoms with Crippen molar-refractivity contribution >= 4 is 23.6 Å². The van der Waals surface area contributed by atoms with Gasteiger partial charge in [-0.1, -0.05) is 36.4 Å². The first-order valence-electron chi connectivity index (χ1n) is 10.6. The number of quaternary nitrogens is 2. The third-order valence-electron chi connectivity index (χ3n) is 6.09.